The number of likely N-dealkylation sites (tertiary alicyclic amines) is 1. The third kappa shape index (κ3) is 38.9. The third-order valence-corrected chi connectivity index (χ3v) is 22.5. The normalized spacial score (nSPS) is 15.3. The summed E-state index contributed by atoms with van der Waals surface area (Å²) in [5.41, 5.74) is 5.95. The number of carbonyl (C=O) groups excluding carboxylic acids is 12. The highest BCUT2D eigenvalue weighted by atomic mass is 33.1. The van der Waals surface area contributed by atoms with Crippen molar-refractivity contribution >= 4 is 134 Å². The number of nitrogens with one attached hydrogen (secondary N) is 11. The number of likely N-dealkylation sites (N-methyl/N-ethyl adjacent to an activating group) is 1. The molecule has 1 aliphatic rings. The van der Waals surface area contributed by atoms with Gasteiger partial charge in [0.1, 0.15) is 53.3 Å². The summed E-state index contributed by atoms with van der Waals surface area (Å²) in [5, 5.41) is 81.6. The number of thiazole rings is 1. The fraction of sp³-hybridized carbons (Fsp3) is 0.590. The molecule has 40 nitrogen and oxygen atoms in total. The molecule has 0 aliphatic carbocycles. The average Bonchev–Trinajstić information content (AvgIpc) is 1.77. The first-order valence-corrected chi connectivity index (χ1v) is 43.0. The summed E-state index contributed by atoms with van der Waals surface area (Å²) in [6, 6.07) is 0.663. The molecule has 0 radical (unpaired) electrons. The zero-order valence-electron chi connectivity index (χ0n) is 69.1. The number of amides is 12. The number of ether oxygens (including phenoxy) is 3. The van der Waals surface area contributed by atoms with Crippen molar-refractivity contribution in [2.45, 2.75) is 232 Å². The molecule has 2 aromatic carbocycles. The maximum absolute atomic E-state index is 15.0. The van der Waals surface area contributed by atoms with E-state index < -0.39 is 188 Å². The molecule has 670 valence electrons. The molecule has 1 aromatic heterocycles. The lowest BCUT2D eigenvalue weighted by Crippen LogP contribution is -2.59. The molecular formula is C78H114N14O26S3. The lowest BCUT2D eigenvalue weighted by molar-refractivity contribution is -0.161. The number of unbranched alkanes of at least 4 members (excludes halogenated alkanes) is 1. The van der Waals surface area contributed by atoms with Crippen LogP contribution in [0.15, 0.2) is 53.9 Å². The molecule has 43 heteroatoms. The van der Waals surface area contributed by atoms with Crippen LogP contribution in [0.1, 0.15) is 190 Å². The molecule has 12 atom stereocenters. The first-order valence-electron chi connectivity index (χ1n) is 39.6. The number of esters is 2. The minimum atomic E-state index is -1.98. The van der Waals surface area contributed by atoms with Gasteiger partial charge in [0.25, 0.3) is 5.91 Å². The number of hydrazine groups is 1. The van der Waals surface area contributed by atoms with Crippen molar-refractivity contribution in [1.29, 1.82) is 0 Å². The lowest BCUT2D eigenvalue weighted by atomic mass is 9.92. The van der Waals surface area contributed by atoms with E-state index in [-0.39, 0.29) is 104 Å². The summed E-state index contributed by atoms with van der Waals surface area (Å²) in [4.78, 5) is 226. The molecule has 1 saturated heterocycles. The zero-order valence-corrected chi connectivity index (χ0v) is 71.5. The van der Waals surface area contributed by atoms with Crippen LogP contribution >= 0.6 is 32.9 Å². The summed E-state index contributed by atoms with van der Waals surface area (Å²) < 4.78 is 16.7. The molecule has 1 unspecified atom stereocenters. The van der Waals surface area contributed by atoms with Crippen LogP contribution < -0.4 is 58.7 Å². The number of benzene rings is 2. The number of urea groups is 2. The third-order valence-electron chi connectivity index (χ3n) is 19.2. The first-order chi connectivity index (χ1) is 57.3. The Hall–Kier alpha value is -11.1. The molecule has 121 heavy (non-hydrogen) atoms. The number of aromatic nitrogens is 1. The number of carbonyl (C=O) groups is 17. The van der Waals surface area contributed by atoms with Crippen LogP contribution in [-0.4, -0.2) is 246 Å². The van der Waals surface area contributed by atoms with E-state index in [1.165, 1.54) is 48.4 Å². The van der Waals surface area contributed by atoms with Gasteiger partial charge in [0, 0.05) is 80.2 Å². The molecule has 17 N–H and O–H groups in total. The summed E-state index contributed by atoms with van der Waals surface area (Å²) >= 11 is 1.00. The quantitative estimate of drug-likeness (QED) is 0.00939. The summed E-state index contributed by atoms with van der Waals surface area (Å²) in [7, 11) is 3.72. The van der Waals surface area contributed by atoms with Crippen molar-refractivity contribution in [3.63, 3.8) is 0 Å². The van der Waals surface area contributed by atoms with E-state index in [1.54, 1.807) is 38.1 Å². The van der Waals surface area contributed by atoms with Gasteiger partial charge in [0.15, 0.2) is 12.8 Å². The lowest BCUT2D eigenvalue weighted by Gasteiger charge is -2.39. The molecule has 2 heterocycles. The number of aromatic hydroxyl groups is 1. The van der Waals surface area contributed by atoms with Gasteiger partial charge in [-0.25, -0.2) is 34.4 Å². The molecule has 1 fully saturated rings. The Morgan fingerprint density at radius 2 is 1.29 bits per heavy atom. The Bertz CT molecular complexity index is 3990. The molecule has 4 rings (SSSR count). The Morgan fingerprint density at radius 1 is 0.653 bits per heavy atom. The van der Waals surface area contributed by atoms with Crippen LogP contribution in [-0.2, 0) is 95.9 Å². The maximum atomic E-state index is 15.0. The molecule has 1 aliphatic heterocycles. The first kappa shape index (κ1) is 102. The number of carboxylic acid groups (broad SMARTS) is 5. The number of nitrogens with zero attached hydrogens (tertiary/aromatic N) is 3. The SMILES string of the molecule is CCCC(=O)OCN(C(=O)[C@@H](NC(=O)[C@H]1CCCCN1C)C(C)CC)[C@H](C[C@@H](OC(C)=O)c1nc(C(=O)N[C@@H](Cc2ccc(O)cc2)C[C@H](C)C(=O)NNC(=O)OCCSSC[C@@H](NC(=O)[C@@H](CC(=O)O)NC(=O)[C@@H](CC(=O)O)NC(=O)Cc2ccc(CNC(=O)NCCCC[C@@H](C)NC(=O)N[C@@H](CCC(=O)O)C(=O)O)cc2)C(=O)O)cs1)C(C)C. The van der Waals surface area contributed by atoms with Crippen LogP contribution in [0.25, 0.3) is 0 Å². The number of rotatable bonds is 53. The molecule has 12 amide bonds. The second-order valence-corrected chi connectivity index (χ2v) is 33.1. The topological polar surface area (TPSA) is 591 Å². The van der Waals surface area contributed by atoms with Gasteiger partial charge < -0.3 is 97.6 Å². The van der Waals surface area contributed by atoms with E-state index in [9.17, 15) is 102 Å². The fourth-order valence-corrected chi connectivity index (χ4v) is 15.3. The van der Waals surface area contributed by atoms with E-state index in [1.807, 2.05) is 39.6 Å². The molecule has 0 saturated carbocycles. The van der Waals surface area contributed by atoms with E-state index in [4.69, 9.17) is 19.3 Å². The van der Waals surface area contributed by atoms with Crippen molar-refractivity contribution in [3.8, 4) is 5.75 Å². The van der Waals surface area contributed by atoms with Crippen LogP contribution in [0.5, 0.6) is 5.75 Å². The van der Waals surface area contributed by atoms with E-state index >= 15 is 4.79 Å². The van der Waals surface area contributed by atoms with E-state index in [0.717, 1.165) is 45.8 Å². The van der Waals surface area contributed by atoms with Gasteiger partial charge >= 0.3 is 59.9 Å². The molecular weight excluding hydrogens is 1650 g/mol. The minimum Gasteiger partial charge on any atom is -0.508 e. The highest BCUT2D eigenvalue weighted by Gasteiger charge is 2.41. The van der Waals surface area contributed by atoms with Crippen LogP contribution in [0.4, 0.5) is 14.4 Å². The van der Waals surface area contributed by atoms with Gasteiger partial charge in [-0.3, -0.25) is 67.9 Å². The smallest absolute Gasteiger partial charge is 0.426 e. The van der Waals surface area contributed by atoms with Gasteiger partial charge in [-0.2, -0.15) is 0 Å². The van der Waals surface area contributed by atoms with Gasteiger partial charge in [-0.15, -0.1) is 11.3 Å². The highest BCUT2D eigenvalue weighted by Crippen LogP contribution is 2.33. The summed E-state index contributed by atoms with van der Waals surface area (Å²) in [6.45, 7) is 13.9. The number of piperidine rings is 1. The minimum absolute atomic E-state index is 0.0141. The number of phenols is 1. The number of aliphatic carboxylic acids is 5. The van der Waals surface area contributed by atoms with Crippen LogP contribution in [0, 0.1) is 17.8 Å². The Morgan fingerprint density at radius 3 is 1.89 bits per heavy atom. The predicted molar refractivity (Wildman–Crippen MR) is 440 cm³/mol. The van der Waals surface area contributed by atoms with E-state index in [2.05, 4.69) is 63.7 Å². The maximum Gasteiger partial charge on any atom is 0.426 e. The van der Waals surface area contributed by atoms with Crippen molar-refractivity contribution in [1.82, 2.24) is 73.5 Å². The van der Waals surface area contributed by atoms with Crippen molar-refractivity contribution in [2.24, 2.45) is 17.8 Å². The Kier molecular flexibility index (Phi) is 45.3. The fourth-order valence-electron chi connectivity index (χ4n) is 12.4. The van der Waals surface area contributed by atoms with Gasteiger partial charge in [-0.05, 0) is 119 Å². The summed E-state index contributed by atoms with van der Waals surface area (Å²) in [5.74, 6) is -16.3. The van der Waals surface area contributed by atoms with Crippen LogP contribution in [0.2, 0.25) is 0 Å². The zero-order chi connectivity index (χ0) is 90.0. The van der Waals surface area contributed by atoms with Crippen LogP contribution in [0.3, 0.4) is 0 Å². The second-order valence-electron chi connectivity index (χ2n) is 29.5. The molecule has 3 aromatic rings. The number of phenolic OH excluding ortho intramolecular Hbond substituents is 1. The summed E-state index contributed by atoms with van der Waals surface area (Å²) in [6.07, 6.45) is -0.507. The predicted octanol–water partition coefficient (Wildman–Crippen LogP) is 4.22. The molecule has 0 spiro atoms. The van der Waals surface area contributed by atoms with Crippen molar-refractivity contribution < 1.29 is 126 Å². The van der Waals surface area contributed by atoms with Crippen molar-refractivity contribution in [3.05, 3.63) is 81.3 Å². The standard InChI is InChI=1S/C78H114N14O26S3/c1-10-16-65(102)117-42-92(73(108)66(44(5)11-2)88-71(107)58-18-13-15-30-91(58)9)59(43(3)4)38-60(118-47(8)93)72-86-56(40-119-72)70(106)82-51(34-48-23-25-52(94)26-24-48)33-45(6)67(103)89-90-78(115)116-31-32-120-121-41-57(75(111)112)85-69(105)55(37-64(100)101)84-68(104)54(36-63(98)99)83-61(95)35-49-19-21-50(22-20-49)39-80-76(113)79-29-14-12-17-46(7)81-77(114)87-53(74(109)110)27-28-62(96)97/h19-26,40,43-46,51,53-55,57-60,66,94H,10-18,27-39,41-42H2,1-9H3,(H,82,106)(H,83,95)(H,84,104)(H,85,105)(H,88,107)(H,89,103)(H,90,115)(H,96,97)(H,98,99)(H,100,101)(H,109,110)(H,111,112)(H2,79,80,113)(H2,81,87,114)/t44?,45-,46+,51+,53-,54+,55+,57+,58+,59+,60+,66-/m0/s1. The number of carboxylic acids is 5. The average molecular weight is 1760 g/mol. The Labute approximate surface area is 711 Å². The number of hydrogen-bond donors (Lipinski definition) is 17. The number of hydrogen-bond acceptors (Lipinski definition) is 26. The Balaban J connectivity index is 1.28. The van der Waals surface area contributed by atoms with E-state index in [0.29, 0.717) is 61.8 Å². The second kappa shape index (κ2) is 53.5. The largest absolute Gasteiger partial charge is 0.508 e. The van der Waals surface area contributed by atoms with Gasteiger partial charge in [0.05, 0.1) is 25.3 Å². The van der Waals surface area contributed by atoms with Crippen molar-refractivity contribution in [2.75, 3.05) is 45.0 Å². The monoisotopic (exact) mass is 1760 g/mol. The highest BCUT2D eigenvalue weighted by molar-refractivity contribution is 8.76. The van der Waals surface area contributed by atoms with Gasteiger partial charge in [0.2, 0.25) is 35.4 Å². The molecule has 0 bridgehead atoms. The van der Waals surface area contributed by atoms with Gasteiger partial charge in [-0.1, -0.05) is 112 Å².